The fourth-order valence-corrected chi connectivity index (χ4v) is 4.14. The highest BCUT2D eigenvalue weighted by molar-refractivity contribution is 7.07. The first kappa shape index (κ1) is 16.0. The van der Waals surface area contributed by atoms with Crippen LogP contribution in [0.3, 0.4) is 0 Å². The average Bonchev–Trinajstić information content (AvgIpc) is 3.37. The zero-order chi connectivity index (χ0) is 17.3. The summed E-state index contributed by atoms with van der Waals surface area (Å²) < 4.78 is 5.78. The Morgan fingerprint density at radius 1 is 1.44 bits per heavy atom. The number of pyridine rings is 1. The Labute approximate surface area is 149 Å². The number of hydrogen-bond acceptors (Lipinski definition) is 6. The molecule has 4 rings (SSSR count). The summed E-state index contributed by atoms with van der Waals surface area (Å²) in [7, 11) is 0. The Balaban J connectivity index is 1.47. The largest absolute Gasteiger partial charge is 0.477 e. The van der Waals surface area contributed by atoms with Crippen molar-refractivity contribution in [3.63, 3.8) is 0 Å². The molecular formula is C17H18N4O3S. The minimum atomic E-state index is -0.583. The second-order valence-corrected chi connectivity index (χ2v) is 7.11. The van der Waals surface area contributed by atoms with E-state index in [0.717, 1.165) is 0 Å². The standard InChI is InChI=1S/C17H18N4O3S/c22-15(13-9-25-11-20-13)21-6-4-17(10-21)12(7-19-16(17)23)8-24-14-3-1-2-5-18-14/h1-3,5,9,11-12H,4,6-8,10H2,(H,19,23)/t12-,17+/m1/s1. The number of rotatable bonds is 4. The molecule has 2 aliphatic heterocycles. The Morgan fingerprint density at radius 2 is 2.36 bits per heavy atom. The fraction of sp³-hybridized carbons (Fsp3) is 0.412. The first-order chi connectivity index (χ1) is 12.2. The van der Waals surface area contributed by atoms with Gasteiger partial charge in [-0.25, -0.2) is 9.97 Å². The highest BCUT2D eigenvalue weighted by Crippen LogP contribution is 2.42. The molecule has 1 spiro atoms. The molecule has 1 N–H and O–H groups in total. The van der Waals surface area contributed by atoms with E-state index in [0.29, 0.717) is 44.2 Å². The second-order valence-electron chi connectivity index (χ2n) is 6.39. The Morgan fingerprint density at radius 3 is 3.12 bits per heavy atom. The van der Waals surface area contributed by atoms with Crippen molar-refractivity contribution in [2.24, 2.45) is 11.3 Å². The van der Waals surface area contributed by atoms with Gasteiger partial charge in [-0.15, -0.1) is 11.3 Å². The lowest BCUT2D eigenvalue weighted by atomic mass is 9.77. The highest BCUT2D eigenvalue weighted by Gasteiger charge is 2.55. The molecule has 0 bridgehead atoms. The zero-order valence-electron chi connectivity index (χ0n) is 13.6. The predicted molar refractivity (Wildman–Crippen MR) is 91.3 cm³/mol. The van der Waals surface area contributed by atoms with Gasteiger partial charge in [-0.05, 0) is 12.5 Å². The van der Waals surface area contributed by atoms with Gasteiger partial charge in [0.2, 0.25) is 11.8 Å². The third-order valence-electron chi connectivity index (χ3n) is 5.05. The molecule has 2 aromatic rings. The van der Waals surface area contributed by atoms with Gasteiger partial charge in [0.1, 0.15) is 5.69 Å². The van der Waals surface area contributed by atoms with Gasteiger partial charge in [0, 0.05) is 43.2 Å². The van der Waals surface area contributed by atoms with E-state index in [4.69, 9.17) is 4.74 Å². The summed E-state index contributed by atoms with van der Waals surface area (Å²) in [5.74, 6) is 0.457. The van der Waals surface area contributed by atoms with Gasteiger partial charge in [-0.3, -0.25) is 9.59 Å². The van der Waals surface area contributed by atoms with Gasteiger partial charge in [-0.2, -0.15) is 0 Å². The van der Waals surface area contributed by atoms with E-state index in [2.05, 4.69) is 15.3 Å². The SMILES string of the molecule is O=C(c1cscn1)N1CC[C@@]2(C1)C(=O)NC[C@@H]2COc1ccccn1. The van der Waals surface area contributed by atoms with Gasteiger partial charge in [-0.1, -0.05) is 6.07 Å². The van der Waals surface area contributed by atoms with Crippen LogP contribution in [0.2, 0.25) is 0 Å². The lowest BCUT2D eigenvalue weighted by Crippen LogP contribution is -2.41. The van der Waals surface area contributed by atoms with E-state index >= 15 is 0 Å². The number of nitrogens with one attached hydrogen (secondary N) is 1. The van der Waals surface area contributed by atoms with Crippen LogP contribution in [-0.4, -0.2) is 52.9 Å². The Kier molecular flexibility index (Phi) is 4.12. The number of carbonyl (C=O) groups is 2. The molecule has 130 valence electrons. The van der Waals surface area contributed by atoms with Crippen LogP contribution in [0.25, 0.3) is 0 Å². The van der Waals surface area contributed by atoms with E-state index in [1.165, 1.54) is 11.3 Å². The molecule has 2 fully saturated rings. The number of likely N-dealkylation sites (tertiary alicyclic amines) is 1. The van der Waals surface area contributed by atoms with Gasteiger partial charge < -0.3 is 15.0 Å². The lowest BCUT2D eigenvalue weighted by Gasteiger charge is -2.27. The van der Waals surface area contributed by atoms with Gasteiger partial charge >= 0.3 is 0 Å². The van der Waals surface area contributed by atoms with Gasteiger partial charge in [0.15, 0.2) is 0 Å². The van der Waals surface area contributed by atoms with E-state index in [-0.39, 0.29) is 17.7 Å². The van der Waals surface area contributed by atoms with Crippen molar-refractivity contribution in [3.8, 4) is 5.88 Å². The molecule has 2 aliphatic rings. The molecule has 25 heavy (non-hydrogen) atoms. The molecule has 4 heterocycles. The molecule has 0 aromatic carbocycles. The Hall–Kier alpha value is -2.48. The first-order valence-corrected chi connectivity index (χ1v) is 9.13. The van der Waals surface area contributed by atoms with Gasteiger partial charge in [0.05, 0.1) is 17.5 Å². The fourth-order valence-electron chi connectivity index (χ4n) is 3.61. The number of aromatic nitrogens is 2. The van der Waals surface area contributed by atoms with Crippen LogP contribution in [0.15, 0.2) is 35.3 Å². The predicted octanol–water partition coefficient (Wildman–Crippen LogP) is 1.20. The van der Waals surface area contributed by atoms with Crippen molar-refractivity contribution in [3.05, 3.63) is 41.0 Å². The maximum absolute atomic E-state index is 12.5. The molecule has 7 nitrogen and oxygen atoms in total. The molecule has 0 radical (unpaired) electrons. The third-order valence-corrected chi connectivity index (χ3v) is 5.64. The summed E-state index contributed by atoms with van der Waals surface area (Å²) in [5, 5.41) is 4.68. The molecule has 2 atom stereocenters. The van der Waals surface area contributed by atoms with Gasteiger partial charge in [0.25, 0.3) is 5.91 Å². The van der Waals surface area contributed by atoms with Crippen molar-refractivity contribution in [2.75, 3.05) is 26.2 Å². The van der Waals surface area contributed by atoms with Crippen LogP contribution in [0.1, 0.15) is 16.9 Å². The minimum absolute atomic E-state index is 0.00948. The molecular weight excluding hydrogens is 340 g/mol. The zero-order valence-corrected chi connectivity index (χ0v) is 14.4. The van der Waals surface area contributed by atoms with Crippen molar-refractivity contribution in [2.45, 2.75) is 6.42 Å². The maximum Gasteiger partial charge on any atom is 0.273 e. The smallest absolute Gasteiger partial charge is 0.273 e. The summed E-state index contributed by atoms with van der Waals surface area (Å²) in [4.78, 5) is 35.0. The molecule has 0 saturated carbocycles. The highest BCUT2D eigenvalue weighted by atomic mass is 32.1. The minimum Gasteiger partial charge on any atom is -0.477 e. The van der Waals surface area contributed by atoms with Crippen LogP contribution in [0, 0.1) is 11.3 Å². The van der Waals surface area contributed by atoms with Crippen molar-refractivity contribution in [1.82, 2.24) is 20.2 Å². The number of carbonyl (C=O) groups excluding carboxylic acids is 2. The summed E-state index contributed by atoms with van der Waals surface area (Å²) in [6, 6.07) is 5.48. The van der Waals surface area contributed by atoms with Crippen molar-refractivity contribution < 1.29 is 14.3 Å². The van der Waals surface area contributed by atoms with Crippen molar-refractivity contribution >= 4 is 23.2 Å². The average molecular weight is 358 g/mol. The number of ether oxygens (including phenoxy) is 1. The summed E-state index contributed by atoms with van der Waals surface area (Å²) >= 11 is 1.39. The van der Waals surface area contributed by atoms with Crippen LogP contribution in [0.4, 0.5) is 0 Å². The molecule has 2 aromatic heterocycles. The van der Waals surface area contributed by atoms with Crippen LogP contribution >= 0.6 is 11.3 Å². The quantitative estimate of drug-likeness (QED) is 0.888. The summed E-state index contributed by atoms with van der Waals surface area (Å²) in [6.07, 6.45) is 2.32. The van der Waals surface area contributed by atoms with Crippen LogP contribution in [-0.2, 0) is 4.79 Å². The maximum atomic E-state index is 12.5. The summed E-state index contributed by atoms with van der Waals surface area (Å²) in [6.45, 7) is 1.92. The van der Waals surface area contributed by atoms with E-state index < -0.39 is 5.41 Å². The molecule has 2 saturated heterocycles. The number of thiazole rings is 1. The Bertz CT molecular complexity index is 767. The van der Waals surface area contributed by atoms with Crippen LogP contribution in [0.5, 0.6) is 5.88 Å². The number of hydrogen-bond donors (Lipinski definition) is 1. The topological polar surface area (TPSA) is 84.4 Å². The van der Waals surface area contributed by atoms with E-state index in [9.17, 15) is 9.59 Å². The molecule has 2 amide bonds. The normalized spacial score (nSPS) is 25.4. The molecule has 8 heteroatoms. The first-order valence-electron chi connectivity index (χ1n) is 8.19. The lowest BCUT2D eigenvalue weighted by molar-refractivity contribution is -0.128. The monoisotopic (exact) mass is 358 g/mol. The number of nitrogens with zero attached hydrogens (tertiary/aromatic N) is 3. The van der Waals surface area contributed by atoms with E-state index in [1.807, 2.05) is 12.1 Å². The van der Waals surface area contributed by atoms with Crippen LogP contribution < -0.4 is 10.1 Å². The van der Waals surface area contributed by atoms with Crippen molar-refractivity contribution in [1.29, 1.82) is 0 Å². The molecule has 0 aliphatic carbocycles. The third kappa shape index (κ3) is 2.86. The molecule has 0 unspecified atom stereocenters. The second kappa shape index (κ2) is 6.44. The number of amides is 2. The summed E-state index contributed by atoms with van der Waals surface area (Å²) in [5.41, 5.74) is 1.51. The van der Waals surface area contributed by atoms with E-state index in [1.54, 1.807) is 28.1 Å².